The number of carbonyl (C=O) groups is 1. The lowest BCUT2D eigenvalue weighted by molar-refractivity contribution is -0.121. The molecule has 3 aliphatic rings. The first-order valence-electron chi connectivity index (χ1n) is 6.60. The summed E-state index contributed by atoms with van der Waals surface area (Å²) in [6.07, 6.45) is 7.14. The summed E-state index contributed by atoms with van der Waals surface area (Å²) in [5, 5.41) is 0.791. The molecular weight excluding hydrogens is 240 g/mol. The molecule has 0 radical (unpaired) electrons. The Bertz CT molecular complexity index is 288. The van der Waals surface area contributed by atoms with Crippen molar-refractivity contribution in [3.63, 3.8) is 0 Å². The molecule has 1 aliphatic heterocycles. The second-order valence-electron chi connectivity index (χ2n) is 5.56. The molecule has 1 nitrogen and oxygen atoms in total. The van der Waals surface area contributed by atoms with Crippen LogP contribution in [0.4, 0.5) is 0 Å². The van der Waals surface area contributed by atoms with Crippen LogP contribution in [-0.4, -0.2) is 27.9 Å². The van der Waals surface area contributed by atoms with Gasteiger partial charge in [-0.15, -0.1) is 11.6 Å². The molecule has 90 valence electrons. The molecule has 16 heavy (non-hydrogen) atoms. The van der Waals surface area contributed by atoms with E-state index in [0.717, 1.165) is 19.3 Å². The molecule has 1 heterocycles. The zero-order valence-corrected chi connectivity index (χ0v) is 11.2. The highest BCUT2D eigenvalue weighted by Gasteiger charge is 2.52. The largest absolute Gasteiger partial charge is 0.294 e. The van der Waals surface area contributed by atoms with Crippen molar-refractivity contribution in [1.29, 1.82) is 0 Å². The van der Waals surface area contributed by atoms with Gasteiger partial charge < -0.3 is 0 Å². The highest BCUT2D eigenvalue weighted by Crippen LogP contribution is 2.45. The van der Waals surface area contributed by atoms with Crippen molar-refractivity contribution in [2.24, 2.45) is 11.8 Å². The van der Waals surface area contributed by atoms with Crippen molar-refractivity contribution in [2.75, 3.05) is 11.5 Å². The van der Waals surface area contributed by atoms with Crippen LogP contribution < -0.4 is 0 Å². The van der Waals surface area contributed by atoms with Gasteiger partial charge in [-0.3, -0.25) is 4.79 Å². The Morgan fingerprint density at radius 2 is 1.88 bits per heavy atom. The van der Waals surface area contributed by atoms with Crippen molar-refractivity contribution < 1.29 is 4.79 Å². The average Bonchev–Trinajstić information content (AvgIpc) is 2.86. The molecule has 0 amide bonds. The van der Waals surface area contributed by atoms with E-state index < -0.39 is 0 Å². The van der Waals surface area contributed by atoms with Crippen LogP contribution in [0.15, 0.2) is 0 Å². The van der Waals surface area contributed by atoms with Crippen molar-refractivity contribution in [1.82, 2.24) is 0 Å². The molecule has 4 unspecified atom stereocenters. The minimum atomic E-state index is 0.347. The van der Waals surface area contributed by atoms with Gasteiger partial charge >= 0.3 is 0 Å². The monoisotopic (exact) mass is 259 g/mol. The zero-order valence-electron chi connectivity index (χ0n) is 9.66. The Morgan fingerprint density at radius 1 is 1.12 bits per heavy atom. The third-order valence-electron chi connectivity index (χ3n) is 4.58. The molecule has 3 rings (SSSR count). The number of Topliss-reactive ketones (excluding diaryl/α,β-unsaturated/α-hetero) is 1. The first-order valence-corrected chi connectivity index (χ1v) is 8.66. The Kier molecular flexibility index (Phi) is 3.23. The topological polar surface area (TPSA) is 17.1 Å². The summed E-state index contributed by atoms with van der Waals surface area (Å²) in [5.41, 5.74) is 0. The fraction of sp³-hybridized carbons (Fsp3) is 0.923. The van der Waals surface area contributed by atoms with Gasteiger partial charge in [0.25, 0.3) is 0 Å². The van der Waals surface area contributed by atoms with Crippen LogP contribution in [0.5, 0.6) is 0 Å². The molecule has 4 atom stereocenters. The maximum atomic E-state index is 12.4. The SMILES string of the molecule is O=C1C2CCC(Cl)CC2CC1[S+]1CCCC1. The van der Waals surface area contributed by atoms with Gasteiger partial charge in [0.2, 0.25) is 0 Å². The maximum Gasteiger partial charge on any atom is 0.188 e. The number of hydrogen-bond donors (Lipinski definition) is 0. The second kappa shape index (κ2) is 4.53. The van der Waals surface area contributed by atoms with Gasteiger partial charge in [0, 0.05) is 17.7 Å². The number of halogens is 1. The quantitative estimate of drug-likeness (QED) is 0.523. The predicted octanol–water partition coefficient (Wildman–Crippen LogP) is 2.76. The van der Waals surface area contributed by atoms with Crippen molar-refractivity contribution >= 4 is 28.3 Å². The van der Waals surface area contributed by atoms with Crippen LogP contribution in [0.3, 0.4) is 0 Å². The Balaban J connectivity index is 1.71. The zero-order chi connectivity index (χ0) is 11.1. The lowest BCUT2D eigenvalue weighted by Gasteiger charge is -2.26. The molecule has 0 aromatic carbocycles. The molecule has 2 saturated carbocycles. The van der Waals surface area contributed by atoms with E-state index in [4.69, 9.17) is 11.6 Å². The van der Waals surface area contributed by atoms with Crippen LogP contribution in [0.25, 0.3) is 0 Å². The first kappa shape index (κ1) is 11.4. The lowest BCUT2D eigenvalue weighted by Crippen LogP contribution is -2.30. The number of carbonyl (C=O) groups excluding carboxylic acids is 1. The summed E-state index contributed by atoms with van der Waals surface area (Å²) in [6.45, 7) is 0. The van der Waals surface area contributed by atoms with E-state index >= 15 is 0 Å². The summed E-state index contributed by atoms with van der Waals surface area (Å²) in [6, 6.07) is 0. The van der Waals surface area contributed by atoms with Crippen LogP contribution in [0, 0.1) is 11.8 Å². The Morgan fingerprint density at radius 3 is 2.62 bits per heavy atom. The minimum Gasteiger partial charge on any atom is -0.294 e. The van der Waals surface area contributed by atoms with Gasteiger partial charge in [-0.05, 0) is 48.9 Å². The van der Waals surface area contributed by atoms with E-state index in [1.165, 1.54) is 30.8 Å². The molecule has 0 spiro atoms. The van der Waals surface area contributed by atoms with Crippen LogP contribution in [-0.2, 0) is 15.7 Å². The van der Waals surface area contributed by atoms with Gasteiger partial charge in [-0.1, -0.05) is 0 Å². The van der Waals surface area contributed by atoms with Gasteiger partial charge in [0.05, 0.1) is 0 Å². The summed E-state index contributed by atoms with van der Waals surface area (Å²) < 4.78 is 0. The summed E-state index contributed by atoms with van der Waals surface area (Å²) in [5.74, 6) is 4.33. The van der Waals surface area contributed by atoms with Crippen molar-refractivity contribution in [3.05, 3.63) is 0 Å². The van der Waals surface area contributed by atoms with Crippen LogP contribution >= 0.6 is 11.6 Å². The molecule has 0 bridgehead atoms. The van der Waals surface area contributed by atoms with Gasteiger partial charge in [-0.25, -0.2) is 0 Å². The molecule has 0 aromatic rings. The molecular formula is C13H20ClOS+. The highest BCUT2D eigenvalue weighted by atomic mass is 35.5. The van der Waals surface area contributed by atoms with Gasteiger partial charge in [0.15, 0.2) is 11.0 Å². The Labute approximate surface area is 106 Å². The molecule has 1 saturated heterocycles. The van der Waals surface area contributed by atoms with Crippen molar-refractivity contribution in [2.45, 2.75) is 49.2 Å². The molecule has 0 aromatic heterocycles. The molecule has 2 aliphatic carbocycles. The minimum absolute atomic E-state index is 0.347. The van der Waals surface area contributed by atoms with E-state index in [1.54, 1.807) is 0 Å². The van der Waals surface area contributed by atoms with Gasteiger partial charge in [-0.2, -0.15) is 0 Å². The van der Waals surface area contributed by atoms with E-state index in [0.29, 0.717) is 39.1 Å². The van der Waals surface area contributed by atoms with E-state index in [9.17, 15) is 4.79 Å². The van der Waals surface area contributed by atoms with E-state index in [1.807, 2.05) is 0 Å². The summed E-state index contributed by atoms with van der Waals surface area (Å²) >= 11 is 6.23. The van der Waals surface area contributed by atoms with E-state index in [2.05, 4.69) is 0 Å². The number of rotatable bonds is 1. The predicted molar refractivity (Wildman–Crippen MR) is 70.2 cm³/mol. The molecule has 3 fully saturated rings. The number of hydrogen-bond acceptors (Lipinski definition) is 1. The third-order valence-corrected chi connectivity index (χ3v) is 7.84. The van der Waals surface area contributed by atoms with Crippen molar-refractivity contribution in [3.8, 4) is 0 Å². The molecule has 0 N–H and O–H groups in total. The Hall–Kier alpha value is 0.310. The fourth-order valence-corrected chi connectivity index (χ4v) is 7.03. The number of alkyl halides is 1. The lowest BCUT2D eigenvalue weighted by atomic mass is 9.81. The first-order chi connectivity index (χ1) is 7.75. The fourth-order valence-electron chi connectivity index (χ4n) is 3.73. The standard InChI is InChI=1S/C13H20ClOS/c14-10-3-4-11-9(7-10)8-12(13(11)15)16-5-1-2-6-16/h9-12H,1-8H2/q+1. The van der Waals surface area contributed by atoms with E-state index in [-0.39, 0.29) is 0 Å². The third kappa shape index (κ3) is 1.92. The van der Waals surface area contributed by atoms with Gasteiger partial charge in [0.1, 0.15) is 11.5 Å². The number of ketones is 1. The highest BCUT2D eigenvalue weighted by molar-refractivity contribution is 7.98. The summed E-state index contributed by atoms with van der Waals surface area (Å²) in [7, 11) is 0.447. The summed E-state index contributed by atoms with van der Waals surface area (Å²) in [4.78, 5) is 12.4. The smallest absolute Gasteiger partial charge is 0.188 e. The molecule has 3 heteroatoms. The van der Waals surface area contributed by atoms with Crippen LogP contribution in [0.2, 0.25) is 0 Å². The number of fused-ring (bicyclic) bond motifs is 1. The average molecular weight is 260 g/mol. The van der Waals surface area contributed by atoms with Crippen LogP contribution in [0.1, 0.15) is 38.5 Å². The maximum absolute atomic E-state index is 12.4. The second-order valence-corrected chi connectivity index (χ2v) is 8.63. The normalized spacial score (nSPS) is 44.9.